The largest absolute Gasteiger partial charge is 0.272 e. The summed E-state index contributed by atoms with van der Waals surface area (Å²) in [4.78, 5) is 13.6. The van der Waals surface area contributed by atoms with E-state index in [1.165, 1.54) is 23.1 Å². The van der Waals surface area contributed by atoms with Crippen molar-refractivity contribution in [3.63, 3.8) is 0 Å². The highest BCUT2D eigenvalue weighted by molar-refractivity contribution is 5.35. The topological polar surface area (TPSA) is 97.6 Å². The Kier molecular flexibility index (Phi) is 2.97. The maximum atomic E-state index is 13.2. The van der Waals surface area contributed by atoms with Crippen LogP contribution in [0.2, 0.25) is 0 Å². The van der Waals surface area contributed by atoms with E-state index in [1.807, 2.05) is 0 Å². The molecule has 0 N–H and O–H groups in total. The molecule has 90 valence electrons. The van der Waals surface area contributed by atoms with Crippen LogP contribution in [-0.2, 0) is 6.54 Å². The lowest BCUT2D eigenvalue weighted by Crippen LogP contribution is -2.02. The molecule has 0 bridgehead atoms. The molecule has 18 heavy (non-hydrogen) atoms. The molecule has 1 aromatic heterocycles. The Morgan fingerprint density at radius 2 is 2.28 bits per heavy atom. The van der Waals surface area contributed by atoms with E-state index in [0.29, 0.717) is 5.56 Å². The standard InChI is InChI=1S/C10H6FN5O2/c11-8-1-7(2-9(3-8)16(17)18)5-15-6-13-10(4-12)14-15/h1-3,6H,5H2. The number of nitro groups is 1. The molecule has 2 rings (SSSR count). The van der Waals surface area contributed by atoms with Crippen molar-refractivity contribution < 1.29 is 9.31 Å². The third-order valence-corrected chi connectivity index (χ3v) is 2.13. The molecule has 0 atom stereocenters. The summed E-state index contributed by atoms with van der Waals surface area (Å²) >= 11 is 0. The molecular weight excluding hydrogens is 241 g/mol. The average Bonchev–Trinajstić information content (AvgIpc) is 2.76. The number of aromatic nitrogens is 3. The van der Waals surface area contributed by atoms with Crippen LogP contribution in [0.4, 0.5) is 10.1 Å². The number of hydrogen-bond donors (Lipinski definition) is 0. The summed E-state index contributed by atoms with van der Waals surface area (Å²) in [5, 5.41) is 22.9. The molecule has 8 heteroatoms. The number of nitrogens with zero attached hydrogens (tertiary/aromatic N) is 5. The van der Waals surface area contributed by atoms with Gasteiger partial charge in [0.25, 0.3) is 11.5 Å². The van der Waals surface area contributed by atoms with Crippen molar-refractivity contribution in [1.82, 2.24) is 14.8 Å². The second-order valence-corrected chi connectivity index (χ2v) is 3.45. The number of halogens is 1. The predicted molar refractivity (Wildman–Crippen MR) is 56.9 cm³/mol. The van der Waals surface area contributed by atoms with Gasteiger partial charge in [0.05, 0.1) is 17.5 Å². The summed E-state index contributed by atoms with van der Waals surface area (Å²) in [6.45, 7) is 0.104. The number of benzene rings is 1. The predicted octanol–water partition coefficient (Wildman–Crippen LogP) is 1.25. The molecule has 0 spiro atoms. The molecule has 0 radical (unpaired) electrons. The highest BCUT2D eigenvalue weighted by Crippen LogP contribution is 2.16. The lowest BCUT2D eigenvalue weighted by molar-refractivity contribution is -0.385. The molecule has 2 aromatic rings. The van der Waals surface area contributed by atoms with Crippen LogP contribution >= 0.6 is 0 Å². The summed E-state index contributed by atoms with van der Waals surface area (Å²) in [6.07, 6.45) is 1.30. The summed E-state index contributed by atoms with van der Waals surface area (Å²) in [7, 11) is 0. The van der Waals surface area contributed by atoms with Crippen LogP contribution in [0.5, 0.6) is 0 Å². The zero-order chi connectivity index (χ0) is 13.1. The van der Waals surface area contributed by atoms with E-state index in [4.69, 9.17) is 5.26 Å². The molecule has 0 unspecified atom stereocenters. The van der Waals surface area contributed by atoms with Gasteiger partial charge in [-0.2, -0.15) is 5.26 Å². The van der Waals surface area contributed by atoms with E-state index in [0.717, 1.165) is 6.07 Å². The number of nitro benzene ring substituents is 1. The Morgan fingerprint density at radius 1 is 1.50 bits per heavy atom. The molecule has 7 nitrogen and oxygen atoms in total. The van der Waals surface area contributed by atoms with Crippen molar-refractivity contribution in [2.45, 2.75) is 6.54 Å². The molecule has 0 amide bonds. The quantitative estimate of drug-likeness (QED) is 0.600. The van der Waals surface area contributed by atoms with E-state index in [1.54, 1.807) is 6.07 Å². The van der Waals surface area contributed by atoms with Crippen molar-refractivity contribution in [3.8, 4) is 6.07 Å². The van der Waals surface area contributed by atoms with Gasteiger partial charge in [-0.05, 0) is 11.6 Å². The lowest BCUT2D eigenvalue weighted by atomic mass is 10.2. The summed E-state index contributed by atoms with van der Waals surface area (Å²) in [5.41, 5.74) is 0.0433. The average molecular weight is 247 g/mol. The van der Waals surface area contributed by atoms with Crippen molar-refractivity contribution >= 4 is 5.69 Å². The number of hydrogen-bond acceptors (Lipinski definition) is 5. The molecule has 0 fully saturated rings. The first-order valence-corrected chi connectivity index (χ1v) is 4.82. The minimum atomic E-state index is -0.695. The second-order valence-electron chi connectivity index (χ2n) is 3.45. The van der Waals surface area contributed by atoms with Gasteiger partial charge >= 0.3 is 0 Å². The van der Waals surface area contributed by atoms with Crippen LogP contribution < -0.4 is 0 Å². The van der Waals surface area contributed by atoms with Crippen LogP contribution in [0.25, 0.3) is 0 Å². The number of rotatable bonds is 3. The Bertz CT molecular complexity index is 646. The van der Waals surface area contributed by atoms with E-state index >= 15 is 0 Å². The fourth-order valence-corrected chi connectivity index (χ4v) is 1.44. The van der Waals surface area contributed by atoms with Gasteiger partial charge in [-0.15, -0.1) is 5.10 Å². The number of nitriles is 1. The van der Waals surface area contributed by atoms with Gasteiger partial charge in [0, 0.05) is 6.07 Å². The van der Waals surface area contributed by atoms with Crippen molar-refractivity contribution in [2.24, 2.45) is 0 Å². The normalized spacial score (nSPS) is 10.0. The van der Waals surface area contributed by atoms with E-state index in [-0.39, 0.29) is 18.1 Å². The Balaban J connectivity index is 2.29. The third kappa shape index (κ3) is 2.46. The van der Waals surface area contributed by atoms with Crippen LogP contribution in [0.1, 0.15) is 11.4 Å². The molecule has 0 aliphatic carbocycles. The first kappa shape index (κ1) is 11.7. The van der Waals surface area contributed by atoms with Gasteiger partial charge in [-0.3, -0.25) is 10.1 Å². The minimum absolute atomic E-state index is 0.0131. The minimum Gasteiger partial charge on any atom is -0.258 e. The Labute approximate surface area is 100 Å². The molecule has 1 aromatic carbocycles. The Hall–Kier alpha value is -2.82. The van der Waals surface area contributed by atoms with E-state index in [9.17, 15) is 14.5 Å². The van der Waals surface area contributed by atoms with Crippen LogP contribution in [0, 0.1) is 27.3 Å². The SMILES string of the molecule is N#Cc1ncn(Cc2cc(F)cc([N+](=O)[O-])c2)n1. The molecule has 0 saturated heterocycles. The van der Waals surface area contributed by atoms with Gasteiger partial charge in [0.1, 0.15) is 18.2 Å². The fourth-order valence-electron chi connectivity index (χ4n) is 1.44. The molecule has 0 saturated carbocycles. The summed E-state index contributed by atoms with van der Waals surface area (Å²) in [5.74, 6) is -0.708. The molecule has 0 aliphatic heterocycles. The lowest BCUT2D eigenvalue weighted by Gasteiger charge is -2.01. The summed E-state index contributed by atoms with van der Waals surface area (Å²) in [6, 6.07) is 5.00. The van der Waals surface area contributed by atoms with Crippen LogP contribution in [0.3, 0.4) is 0 Å². The van der Waals surface area contributed by atoms with Crippen LogP contribution in [0.15, 0.2) is 24.5 Å². The van der Waals surface area contributed by atoms with Gasteiger partial charge < -0.3 is 0 Å². The zero-order valence-corrected chi connectivity index (χ0v) is 8.95. The fraction of sp³-hybridized carbons (Fsp3) is 0.100. The summed E-state index contributed by atoms with van der Waals surface area (Å²) < 4.78 is 14.5. The Morgan fingerprint density at radius 3 is 2.89 bits per heavy atom. The van der Waals surface area contributed by atoms with Crippen molar-refractivity contribution in [2.75, 3.05) is 0 Å². The van der Waals surface area contributed by atoms with Gasteiger partial charge in [0.2, 0.25) is 0 Å². The van der Waals surface area contributed by atoms with E-state index in [2.05, 4.69) is 10.1 Å². The first-order valence-electron chi connectivity index (χ1n) is 4.82. The highest BCUT2D eigenvalue weighted by Gasteiger charge is 2.10. The maximum absolute atomic E-state index is 13.2. The highest BCUT2D eigenvalue weighted by atomic mass is 19.1. The van der Waals surface area contributed by atoms with Crippen molar-refractivity contribution in [3.05, 3.63) is 51.8 Å². The molecule has 0 aliphatic rings. The number of non-ortho nitro benzene ring substituents is 1. The molecular formula is C10H6FN5O2. The molecule has 1 heterocycles. The monoisotopic (exact) mass is 247 g/mol. The van der Waals surface area contributed by atoms with Gasteiger partial charge in [0.15, 0.2) is 0 Å². The van der Waals surface area contributed by atoms with Crippen molar-refractivity contribution in [1.29, 1.82) is 5.26 Å². The van der Waals surface area contributed by atoms with E-state index < -0.39 is 10.7 Å². The third-order valence-electron chi connectivity index (χ3n) is 2.13. The van der Waals surface area contributed by atoms with Gasteiger partial charge in [-0.25, -0.2) is 14.1 Å². The maximum Gasteiger partial charge on any atom is 0.272 e. The second kappa shape index (κ2) is 4.58. The first-order chi connectivity index (χ1) is 8.58. The zero-order valence-electron chi connectivity index (χ0n) is 8.95. The van der Waals surface area contributed by atoms with Crippen LogP contribution in [-0.4, -0.2) is 19.7 Å². The van der Waals surface area contributed by atoms with Gasteiger partial charge in [-0.1, -0.05) is 0 Å². The smallest absolute Gasteiger partial charge is 0.258 e.